The number of nitrogens with zero attached hydrogens (tertiary/aromatic N) is 1. The fraction of sp³-hybridized carbons (Fsp3) is 0.200. The molecule has 6 heteroatoms. The van der Waals surface area contributed by atoms with Gasteiger partial charge in [0, 0.05) is 5.56 Å². The third-order valence-electron chi connectivity index (χ3n) is 1.82. The van der Waals surface area contributed by atoms with Crippen molar-refractivity contribution in [2.45, 2.75) is 0 Å². The zero-order valence-corrected chi connectivity index (χ0v) is 9.06. The van der Waals surface area contributed by atoms with Crippen molar-refractivity contribution in [3.05, 3.63) is 23.8 Å². The quantitative estimate of drug-likeness (QED) is 0.582. The Morgan fingerprint density at radius 2 is 2.19 bits per heavy atom. The van der Waals surface area contributed by atoms with Gasteiger partial charge in [0.05, 0.1) is 20.4 Å². The van der Waals surface area contributed by atoms with Gasteiger partial charge in [-0.3, -0.25) is 0 Å². The molecule has 1 aromatic rings. The predicted octanol–water partition coefficient (Wildman–Crippen LogP) is 0.706. The van der Waals surface area contributed by atoms with Gasteiger partial charge in [-0.1, -0.05) is 0 Å². The van der Waals surface area contributed by atoms with Crippen molar-refractivity contribution in [1.82, 2.24) is 5.43 Å². The van der Waals surface area contributed by atoms with Gasteiger partial charge < -0.3 is 15.2 Å². The average molecular weight is 223 g/mol. The molecule has 0 aliphatic heterocycles. The molecule has 3 N–H and O–H groups in total. The summed E-state index contributed by atoms with van der Waals surface area (Å²) in [5.74, 6) is 1.29. The van der Waals surface area contributed by atoms with Crippen LogP contribution in [0.2, 0.25) is 0 Å². The largest absolute Gasteiger partial charge is 0.497 e. The normalized spacial score (nSPS) is 10.1. The lowest BCUT2D eigenvalue weighted by Crippen LogP contribution is -2.24. The molecule has 2 amide bonds. The van der Waals surface area contributed by atoms with Crippen LogP contribution in [0.1, 0.15) is 5.56 Å². The number of primary amides is 1. The zero-order valence-electron chi connectivity index (χ0n) is 9.06. The summed E-state index contributed by atoms with van der Waals surface area (Å²) in [7, 11) is 3.10. The van der Waals surface area contributed by atoms with Crippen LogP contribution in [0.5, 0.6) is 11.5 Å². The summed E-state index contributed by atoms with van der Waals surface area (Å²) in [6.07, 6.45) is 1.42. The highest BCUT2D eigenvalue weighted by Crippen LogP contribution is 2.22. The van der Waals surface area contributed by atoms with Crippen molar-refractivity contribution in [2.75, 3.05) is 14.2 Å². The third-order valence-corrected chi connectivity index (χ3v) is 1.82. The highest BCUT2D eigenvalue weighted by atomic mass is 16.5. The molecule has 0 fully saturated rings. The van der Waals surface area contributed by atoms with Gasteiger partial charge in [0.1, 0.15) is 11.5 Å². The summed E-state index contributed by atoms with van der Waals surface area (Å²) in [5.41, 5.74) is 7.63. The van der Waals surface area contributed by atoms with Crippen molar-refractivity contribution in [1.29, 1.82) is 0 Å². The number of benzene rings is 1. The molecule has 6 nitrogen and oxygen atoms in total. The van der Waals surface area contributed by atoms with E-state index in [1.165, 1.54) is 6.21 Å². The topological polar surface area (TPSA) is 85.9 Å². The van der Waals surface area contributed by atoms with E-state index in [1.54, 1.807) is 32.4 Å². The van der Waals surface area contributed by atoms with Crippen molar-refractivity contribution < 1.29 is 14.3 Å². The molecular formula is C10H13N3O3. The second-order valence-corrected chi connectivity index (χ2v) is 2.84. The minimum Gasteiger partial charge on any atom is -0.497 e. The summed E-state index contributed by atoms with van der Waals surface area (Å²) in [5, 5.41) is 3.64. The zero-order chi connectivity index (χ0) is 12.0. The summed E-state index contributed by atoms with van der Waals surface area (Å²) in [6, 6.07) is 4.51. The van der Waals surface area contributed by atoms with Gasteiger partial charge in [0.15, 0.2) is 0 Å². The smallest absolute Gasteiger partial charge is 0.332 e. The lowest BCUT2D eigenvalue weighted by molar-refractivity contribution is 0.249. The Kier molecular flexibility index (Phi) is 4.14. The summed E-state index contributed by atoms with van der Waals surface area (Å²) in [4.78, 5) is 10.4. The number of hydrogen-bond acceptors (Lipinski definition) is 4. The van der Waals surface area contributed by atoms with Crippen LogP contribution in [0.4, 0.5) is 4.79 Å². The highest BCUT2D eigenvalue weighted by Gasteiger charge is 2.02. The number of ether oxygens (including phenoxy) is 2. The second-order valence-electron chi connectivity index (χ2n) is 2.84. The van der Waals surface area contributed by atoms with E-state index in [0.717, 1.165) is 0 Å². The Balaban J connectivity index is 2.90. The average Bonchev–Trinajstić information content (AvgIpc) is 2.28. The van der Waals surface area contributed by atoms with Gasteiger partial charge in [-0.15, -0.1) is 0 Å². The van der Waals surface area contributed by atoms with Crippen molar-refractivity contribution in [3.63, 3.8) is 0 Å². The van der Waals surface area contributed by atoms with Crippen LogP contribution in [-0.4, -0.2) is 26.5 Å². The molecule has 86 valence electrons. The molecule has 0 saturated heterocycles. The summed E-state index contributed by atoms with van der Waals surface area (Å²) >= 11 is 0. The van der Waals surface area contributed by atoms with Crippen LogP contribution in [-0.2, 0) is 0 Å². The number of rotatable bonds is 4. The van der Waals surface area contributed by atoms with E-state index in [-0.39, 0.29) is 0 Å². The van der Waals surface area contributed by atoms with Crippen molar-refractivity contribution in [3.8, 4) is 11.5 Å². The van der Waals surface area contributed by atoms with Gasteiger partial charge in [0.2, 0.25) is 0 Å². The number of carbonyl (C=O) groups excluding carboxylic acids is 1. The maximum absolute atomic E-state index is 10.4. The van der Waals surface area contributed by atoms with Gasteiger partial charge >= 0.3 is 6.03 Å². The number of carbonyl (C=O) groups is 1. The maximum atomic E-state index is 10.4. The molecular weight excluding hydrogens is 210 g/mol. The predicted molar refractivity (Wildman–Crippen MR) is 59.9 cm³/mol. The van der Waals surface area contributed by atoms with Crippen LogP contribution in [0, 0.1) is 0 Å². The van der Waals surface area contributed by atoms with E-state index in [4.69, 9.17) is 15.2 Å². The fourth-order valence-electron chi connectivity index (χ4n) is 1.11. The minimum absolute atomic E-state index is 0.621. The first kappa shape index (κ1) is 11.8. The van der Waals surface area contributed by atoms with Crippen molar-refractivity contribution in [2.24, 2.45) is 10.8 Å². The molecule has 0 saturated carbocycles. The molecule has 1 aromatic carbocycles. The highest BCUT2D eigenvalue weighted by molar-refractivity contribution is 5.85. The number of urea groups is 1. The van der Waals surface area contributed by atoms with Gasteiger partial charge in [-0.25, -0.2) is 10.2 Å². The monoisotopic (exact) mass is 223 g/mol. The number of nitrogens with one attached hydrogen (secondary N) is 1. The van der Waals surface area contributed by atoms with Crippen LogP contribution >= 0.6 is 0 Å². The van der Waals surface area contributed by atoms with Gasteiger partial charge in [-0.2, -0.15) is 5.10 Å². The van der Waals surface area contributed by atoms with E-state index in [9.17, 15) is 4.79 Å². The summed E-state index contributed by atoms with van der Waals surface area (Å²) < 4.78 is 10.2. The Morgan fingerprint density at radius 3 is 2.75 bits per heavy atom. The fourth-order valence-corrected chi connectivity index (χ4v) is 1.11. The Bertz CT molecular complexity index is 404. The molecule has 0 aliphatic carbocycles. The van der Waals surface area contributed by atoms with Crippen LogP contribution in [0.25, 0.3) is 0 Å². The molecule has 0 atom stereocenters. The summed E-state index contributed by atoms with van der Waals surface area (Å²) in [6.45, 7) is 0. The van der Waals surface area contributed by atoms with Crippen LogP contribution < -0.4 is 20.6 Å². The van der Waals surface area contributed by atoms with Gasteiger partial charge in [-0.05, 0) is 18.2 Å². The van der Waals surface area contributed by atoms with Crippen molar-refractivity contribution >= 4 is 12.2 Å². The van der Waals surface area contributed by atoms with E-state index < -0.39 is 6.03 Å². The molecule has 0 aromatic heterocycles. The SMILES string of the molecule is COc1ccc(OC)c(/C=N\NC(N)=O)c1. The number of amides is 2. The molecule has 0 bridgehead atoms. The van der Waals surface area contributed by atoms with E-state index in [2.05, 4.69) is 10.5 Å². The molecule has 16 heavy (non-hydrogen) atoms. The molecule has 0 heterocycles. The van der Waals surface area contributed by atoms with Gasteiger partial charge in [0.25, 0.3) is 0 Å². The molecule has 0 radical (unpaired) electrons. The minimum atomic E-state index is -0.724. The second kappa shape index (κ2) is 5.59. The van der Waals surface area contributed by atoms with E-state index in [0.29, 0.717) is 17.1 Å². The Hall–Kier alpha value is -2.24. The lowest BCUT2D eigenvalue weighted by atomic mass is 10.2. The number of hydrazone groups is 1. The first-order valence-electron chi connectivity index (χ1n) is 4.48. The Morgan fingerprint density at radius 1 is 1.44 bits per heavy atom. The Labute approximate surface area is 93.0 Å². The number of methoxy groups -OCH3 is 2. The molecule has 0 spiro atoms. The first-order chi connectivity index (χ1) is 7.67. The molecule has 0 unspecified atom stereocenters. The van der Waals surface area contributed by atoms with Crippen LogP contribution in [0.3, 0.4) is 0 Å². The lowest BCUT2D eigenvalue weighted by Gasteiger charge is -2.06. The van der Waals surface area contributed by atoms with Crippen LogP contribution in [0.15, 0.2) is 23.3 Å². The standard InChI is InChI=1S/C10H13N3O3/c1-15-8-3-4-9(16-2)7(5-8)6-12-13-10(11)14/h3-6H,1-2H3,(H3,11,13,14)/b12-6-. The van der Waals surface area contributed by atoms with E-state index in [1.807, 2.05) is 0 Å². The first-order valence-corrected chi connectivity index (χ1v) is 4.48. The third kappa shape index (κ3) is 3.16. The van der Waals surface area contributed by atoms with E-state index >= 15 is 0 Å². The molecule has 1 rings (SSSR count). The maximum Gasteiger partial charge on any atom is 0.332 e. The molecule has 0 aliphatic rings. The number of nitrogens with two attached hydrogens (primary N) is 1. The number of hydrogen-bond donors (Lipinski definition) is 2.